The molecule has 0 aliphatic heterocycles. The van der Waals surface area contributed by atoms with Gasteiger partial charge in [-0.25, -0.2) is 4.39 Å². The van der Waals surface area contributed by atoms with Crippen molar-refractivity contribution in [2.24, 2.45) is 0 Å². The van der Waals surface area contributed by atoms with Crippen molar-refractivity contribution in [1.82, 2.24) is 15.5 Å². The maximum atomic E-state index is 13.4. The summed E-state index contributed by atoms with van der Waals surface area (Å²) in [5.74, 6) is 0.711. The van der Waals surface area contributed by atoms with E-state index < -0.39 is 0 Å². The van der Waals surface area contributed by atoms with Crippen LogP contribution in [0.3, 0.4) is 0 Å². The number of benzene rings is 1. The first-order valence-electron chi connectivity index (χ1n) is 6.05. The van der Waals surface area contributed by atoms with Gasteiger partial charge in [0, 0.05) is 11.6 Å². The summed E-state index contributed by atoms with van der Waals surface area (Å²) < 4.78 is 18.6. The van der Waals surface area contributed by atoms with Crippen LogP contribution in [0.4, 0.5) is 4.39 Å². The number of rotatable bonds is 4. The summed E-state index contributed by atoms with van der Waals surface area (Å²) in [6.07, 6.45) is 2.43. The molecular weight excluding hydrogens is 233 g/mol. The van der Waals surface area contributed by atoms with E-state index in [9.17, 15) is 4.39 Å². The molecule has 1 aromatic carbocycles. The Bertz CT molecular complexity index is 563. The van der Waals surface area contributed by atoms with Crippen molar-refractivity contribution in [2.75, 3.05) is 0 Å². The lowest BCUT2D eigenvalue weighted by Gasteiger charge is -1.97. The Hall–Kier alpha value is -1.75. The highest BCUT2D eigenvalue weighted by atomic mass is 19.1. The molecule has 4 nitrogen and oxygen atoms in total. The summed E-state index contributed by atoms with van der Waals surface area (Å²) in [6, 6.07) is 5.51. The molecule has 2 aromatic rings. The highest BCUT2D eigenvalue weighted by molar-refractivity contribution is 5.53. The topological polar surface area (TPSA) is 51.0 Å². The summed E-state index contributed by atoms with van der Waals surface area (Å²) in [5.41, 5.74) is 1.22. The predicted octanol–water partition coefficient (Wildman–Crippen LogP) is 2.44. The predicted molar refractivity (Wildman–Crippen MR) is 64.3 cm³/mol. The van der Waals surface area contributed by atoms with Gasteiger partial charge in [0.2, 0.25) is 0 Å². The van der Waals surface area contributed by atoms with E-state index in [0.717, 1.165) is 0 Å². The fourth-order valence-corrected chi connectivity index (χ4v) is 1.69. The van der Waals surface area contributed by atoms with E-state index in [0.29, 0.717) is 35.4 Å². The van der Waals surface area contributed by atoms with Crippen LogP contribution in [0.1, 0.15) is 24.2 Å². The molecule has 0 unspecified atom stereocenters. The van der Waals surface area contributed by atoms with Gasteiger partial charge in [-0.1, -0.05) is 11.2 Å². The fourth-order valence-electron chi connectivity index (χ4n) is 1.69. The summed E-state index contributed by atoms with van der Waals surface area (Å²) in [6.45, 7) is 2.32. The Morgan fingerprint density at radius 1 is 1.44 bits per heavy atom. The normalized spacial score (nSPS) is 15.0. The van der Waals surface area contributed by atoms with Crippen LogP contribution in [0.25, 0.3) is 11.5 Å². The zero-order chi connectivity index (χ0) is 12.5. The number of halogens is 1. The average molecular weight is 247 g/mol. The molecule has 18 heavy (non-hydrogen) atoms. The van der Waals surface area contributed by atoms with E-state index in [-0.39, 0.29) is 5.82 Å². The van der Waals surface area contributed by atoms with Crippen molar-refractivity contribution >= 4 is 0 Å². The first kappa shape index (κ1) is 11.3. The Labute approximate surface area is 104 Å². The second-order valence-electron chi connectivity index (χ2n) is 4.63. The van der Waals surface area contributed by atoms with E-state index in [4.69, 9.17) is 4.52 Å². The van der Waals surface area contributed by atoms with Crippen molar-refractivity contribution in [3.8, 4) is 11.5 Å². The van der Waals surface area contributed by atoms with Gasteiger partial charge in [-0.2, -0.15) is 4.98 Å². The van der Waals surface area contributed by atoms with Crippen LogP contribution < -0.4 is 5.32 Å². The van der Waals surface area contributed by atoms with Crippen LogP contribution in [-0.4, -0.2) is 16.2 Å². The van der Waals surface area contributed by atoms with Gasteiger partial charge in [-0.05, 0) is 37.5 Å². The van der Waals surface area contributed by atoms with Crippen molar-refractivity contribution in [2.45, 2.75) is 32.4 Å². The molecule has 1 aliphatic rings. The number of nitrogens with one attached hydrogen (secondary N) is 1. The molecule has 1 aromatic heterocycles. The molecule has 0 spiro atoms. The minimum atomic E-state index is -0.261. The van der Waals surface area contributed by atoms with Gasteiger partial charge in [0.15, 0.2) is 5.82 Å². The van der Waals surface area contributed by atoms with E-state index >= 15 is 0 Å². The third-order valence-corrected chi connectivity index (χ3v) is 3.01. The largest absolute Gasteiger partial charge is 0.334 e. The maximum Gasteiger partial charge on any atom is 0.258 e. The molecule has 0 radical (unpaired) electrons. The zero-order valence-electron chi connectivity index (χ0n) is 10.1. The van der Waals surface area contributed by atoms with Crippen LogP contribution in [0.5, 0.6) is 0 Å². The van der Waals surface area contributed by atoms with Crippen molar-refractivity contribution in [3.05, 3.63) is 35.4 Å². The smallest absolute Gasteiger partial charge is 0.258 e. The monoisotopic (exact) mass is 247 g/mol. The van der Waals surface area contributed by atoms with Gasteiger partial charge in [0.25, 0.3) is 5.89 Å². The average Bonchev–Trinajstić information content (AvgIpc) is 3.08. The molecule has 1 aliphatic carbocycles. The molecule has 94 valence electrons. The van der Waals surface area contributed by atoms with Gasteiger partial charge in [0.1, 0.15) is 5.82 Å². The number of hydrogen-bond donors (Lipinski definition) is 1. The lowest BCUT2D eigenvalue weighted by atomic mass is 10.1. The number of hydrogen-bond acceptors (Lipinski definition) is 4. The lowest BCUT2D eigenvalue weighted by Crippen LogP contribution is -2.16. The molecule has 1 heterocycles. The van der Waals surface area contributed by atoms with Crippen molar-refractivity contribution in [3.63, 3.8) is 0 Å². The Kier molecular flexibility index (Phi) is 2.83. The van der Waals surface area contributed by atoms with Gasteiger partial charge in [-0.15, -0.1) is 0 Å². The molecular formula is C13H14FN3O. The molecule has 0 bridgehead atoms. The van der Waals surface area contributed by atoms with Gasteiger partial charge >= 0.3 is 0 Å². The quantitative estimate of drug-likeness (QED) is 0.901. The number of aryl methyl sites for hydroxylation is 1. The third-order valence-electron chi connectivity index (χ3n) is 3.01. The van der Waals surface area contributed by atoms with Gasteiger partial charge in [-0.3, -0.25) is 0 Å². The molecule has 1 N–H and O–H groups in total. The molecule has 1 fully saturated rings. The summed E-state index contributed by atoms with van der Waals surface area (Å²) >= 11 is 0. The zero-order valence-corrected chi connectivity index (χ0v) is 10.1. The summed E-state index contributed by atoms with van der Waals surface area (Å²) in [4.78, 5) is 4.24. The number of nitrogens with zero attached hydrogens (tertiary/aromatic N) is 2. The van der Waals surface area contributed by atoms with Gasteiger partial charge in [0.05, 0.1) is 6.54 Å². The van der Waals surface area contributed by atoms with Crippen molar-refractivity contribution in [1.29, 1.82) is 0 Å². The minimum Gasteiger partial charge on any atom is -0.334 e. The Balaban J connectivity index is 1.76. The second kappa shape index (κ2) is 4.49. The Morgan fingerprint density at radius 3 is 3.00 bits per heavy atom. The molecule has 1 saturated carbocycles. The minimum absolute atomic E-state index is 0.261. The molecule has 0 atom stereocenters. The molecule has 5 heteroatoms. The van der Waals surface area contributed by atoms with E-state index in [1.807, 2.05) is 0 Å². The maximum absolute atomic E-state index is 13.4. The summed E-state index contributed by atoms with van der Waals surface area (Å²) in [7, 11) is 0. The fraction of sp³-hybridized carbons (Fsp3) is 0.385. The van der Waals surface area contributed by atoms with E-state index in [1.165, 1.54) is 18.9 Å². The van der Waals surface area contributed by atoms with E-state index in [1.54, 1.807) is 19.1 Å². The second-order valence-corrected chi connectivity index (χ2v) is 4.63. The molecule has 3 rings (SSSR count). The van der Waals surface area contributed by atoms with E-state index in [2.05, 4.69) is 15.5 Å². The molecule has 0 amide bonds. The standard InChI is InChI=1S/C13H14FN3O/c1-8-2-3-9(6-11(8)14)13-16-12(17-18-13)7-15-10-4-5-10/h2-3,6,10,15H,4-5,7H2,1H3. The van der Waals surface area contributed by atoms with Crippen LogP contribution >= 0.6 is 0 Å². The summed E-state index contributed by atoms with van der Waals surface area (Å²) in [5, 5.41) is 7.17. The SMILES string of the molecule is Cc1ccc(-c2nc(CNC3CC3)no2)cc1F. The van der Waals surface area contributed by atoms with Crippen LogP contribution in [0.15, 0.2) is 22.7 Å². The van der Waals surface area contributed by atoms with Crippen LogP contribution in [0.2, 0.25) is 0 Å². The first-order valence-corrected chi connectivity index (χ1v) is 6.05. The third kappa shape index (κ3) is 2.41. The van der Waals surface area contributed by atoms with Crippen molar-refractivity contribution < 1.29 is 8.91 Å². The van der Waals surface area contributed by atoms with Crippen LogP contribution in [0, 0.1) is 12.7 Å². The number of aromatic nitrogens is 2. The first-order chi connectivity index (χ1) is 8.72. The Morgan fingerprint density at radius 2 is 2.28 bits per heavy atom. The molecule has 0 saturated heterocycles. The lowest BCUT2D eigenvalue weighted by molar-refractivity contribution is 0.419. The highest BCUT2D eigenvalue weighted by Gasteiger charge is 2.21. The van der Waals surface area contributed by atoms with Gasteiger partial charge < -0.3 is 9.84 Å². The highest BCUT2D eigenvalue weighted by Crippen LogP contribution is 2.21. The van der Waals surface area contributed by atoms with Crippen LogP contribution in [-0.2, 0) is 6.54 Å².